The monoisotopic (exact) mass is 337 g/mol. The zero-order chi connectivity index (χ0) is 14.1. The molecule has 5 heteroatoms. The number of amides is 1. The number of hydrogen-bond donors (Lipinski definition) is 2. The molecule has 20 heavy (non-hydrogen) atoms. The number of carbonyl (C=O) groups excluding carboxylic acids is 1. The van der Waals surface area contributed by atoms with Gasteiger partial charge in [-0.15, -0.1) is 0 Å². The third-order valence-corrected chi connectivity index (χ3v) is 4.90. The first kappa shape index (κ1) is 13.9. The Morgan fingerprint density at radius 1 is 1.30 bits per heavy atom. The Morgan fingerprint density at radius 3 is 2.75 bits per heavy atom. The van der Waals surface area contributed by atoms with E-state index < -0.39 is 0 Å². The van der Waals surface area contributed by atoms with E-state index in [0.29, 0.717) is 18.6 Å². The fourth-order valence-corrected chi connectivity index (χ4v) is 3.63. The predicted octanol–water partition coefficient (Wildman–Crippen LogP) is 2.74. The third kappa shape index (κ3) is 2.69. The number of hydrogen-bond acceptors (Lipinski definition) is 3. The summed E-state index contributed by atoms with van der Waals surface area (Å²) in [7, 11) is 2.03. The van der Waals surface area contributed by atoms with Gasteiger partial charge >= 0.3 is 0 Å². The standard InChI is InChI=1S/C15H20BrN3O/c1-17-11-3-5-12(6-4-11)19-9-15(20)18-13-7-2-10(16)8-14(13)19/h2,7-8,11-12,17H,3-6,9H2,1H3,(H,18,20). The molecule has 1 fully saturated rings. The van der Waals surface area contributed by atoms with Gasteiger partial charge in [0.15, 0.2) is 0 Å². The van der Waals surface area contributed by atoms with Crippen molar-refractivity contribution in [1.82, 2.24) is 5.32 Å². The van der Waals surface area contributed by atoms with E-state index in [1.165, 1.54) is 12.8 Å². The van der Waals surface area contributed by atoms with Crippen molar-refractivity contribution in [3.05, 3.63) is 22.7 Å². The molecule has 0 saturated heterocycles. The normalized spacial score (nSPS) is 26.1. The lowest BCUT2D eigenvalue weighted by molar-refractivity contribution is -0.115. The molecular weight excluding hydrogens is 318 g/mol. The van der Waals surface area contributed by atoms with Crippen LogP contribution in [0.5, 0.6) is 0 Å². The molecule has 1 aliphatic carbocycles. The van der Waals surface area contributed by atoms with Gasteiger partial charge in [-0.2, -0.15) is 0 Å². The second-order valence-corrected chi connectivity index (χ2v) is 6.55. The first-order valence-corrected chi connectivity index (χ1v) is 8.00. The summed E-state index contributed by atoms with van der Waals surface area (Å²) < 4.78 is 1.06. The van der Waals surface area contributed by atoms with Gasteiger partial charge in [0.2, 0.25) is 5.91 Å². The first-order valence-electron chi connectivity index (χ1n) is 7.20. The van der Waals surface area contributed by atoms with Crippen LogP contribution in [0.25, 0.3) is 0 Å². The zero-order valence-electron chi connectivity index (χ0n) is 11.7. The van der Waals surface area contributed by atoms with Gasteiger partial charge in [-0.3, -0.25) is 4.79 Å². The van der Waals surface area contributed by atoms with Crippen LogP contribution in [0.2, 0.25) is 0 Å². The van der Waals surface area contributed by atoms with Gasteiger partial charge in [0.1, 0.15) is 0 Å². The summed E-state index contributed by atoms with van der Waals surface area (Å²) in [5.74, 6) is 0.0931. The van der Waals surface area contributed by atoms with Gasteiger partial charge in [-0.25, -0.2) is 0 Å². The fourth-order valence-electron chi connectivity index (χ4n) is 3.28. The molecule has 0 radical (unpaired) electrons. The van der Waals surface area contributed by atoms with Gasteiger partial charge in [0.05, 0.1) is 17.9 Å². The Hall–Kier alpha value is -1.07. The largest absolute Gasteiger partial charge is 0.358 e. The molecule has 0 unspecified atom stereocenters. The highest BCUT2D eigenvalue weighted by Crippen LogP contribution is 2.36. The van der Waals surface area contributed by atoms with E-state index in [0.717, 1.165) is 28.7 Å². The summed E-state index contributed by atoms with van der Waals surface area (Å²) in [6.45, 7) is 0.471. The van der Waals surface area contributed by atoms with Gasteiger partial charge in [0, 0.05) is 16.6 Å². The number of fused-ring (bicyclic) bond motifs is 1. The topological polar surface area (TPSA) is 44.4 Å². The summed E-state index contributed by atoms with van der Waals surface area (Å²) in [6.07, 6.45) is 4.65. The van der Waals surface area contributed by atoms with E-state index in [-0.39, 0.29) is 5.91 Å². The average molecular weight is 338 g/mol. The molecule has 0 bridgehead atoms. The fraction of sp³-hybridized carbons (Fsp3) is 0.533. The van der Waals surface area contributed by atoms with Crippen molar-refractivity contribution in [2.75, 3.05) is 23.8 Å². The molecule has 1 aromatic carbocycles. The number of nitrogens with one attached hydrogen (secondary N) is 2. The minimum Gasteiger partial charge on any atom is -0.358 e. The second kappa shape index (κ2) is 5.74. The lowest BCUT2D eigenvalue weighted by Crippen LogP contribution is -2.47. The summed E-state index contributed by atoms with van der Waals surface area (Å²) in [4.78, 5) is 14.2. The molecule has 0 atom stereocenters. The maximum atomic E-state index is 11.9. The summed E-state index contributed by atoms with van der Waals surface area (Å²) in [5, 5.41) is 6.32. The van der Waals surface area contributed by atoms with Crippen LogP contribution < -0.4 is 15.5 Å². The molecule has 1 aromatic rings. The molecule has 1 heterocycles. The van der Waals surface area contributed by atoms with E-state index in [1.807, 2.05) is 19.2 Å². The highest BCUT2D eigenvalue weighted by Gasteiger charge is 2.30. The Bertz CT molecular complexity index is 512. The Morgan fingerprint density at radius 2 is 2.05 bits per heavy atom. The average Bonchev–Trinajstić information content (AvgIpc) is 2.47. The van der Waals surface area contributed by atoms with Crippen LogP contribution in [0.1, 0.15) is 25.7 Å². The van der Waals surface area contributed by atoms with Crippen molar-refractivity contribution in [1.29, 1.82) is 0 Å². The lowest BCUT2D eigenvalue weighted by atomic mass is 9.89. The number of rotatable bonds is 2. The smallest absolute Gasteiger partial charge is 0.243 e. The number of nitrogens with zero attached hydrogens (tertiary/aromatic N) is 1. The van der Waals surface area contributed by atoms with E-state index in [1.54, 1.807) is 0 Å². The maximum absolute atomic E-state index is 11.9. The van der Waals surface area contributed by atoms with Gasteiger partial charge in [-0.1, -0.05) is 15.9 Å². The first-order chi connectivity index (χ1) is 9.67. The van der Waals surface area contributed by atoms with Crippen molar-refractivity contribution in [3.63, 3.8) is 0 Å². The Kier molecular flexibility index (Phi) is 3.98. The van der Waals surface area contributed by atoms with Crippen LogP contribution in [0.4, 0.5) is 11.4 Å². The highest BCUT2D eigenvalue weighted by atomic mass is 79.9. The SMILES string of the molecule is CNC1CCC(N2CC(=O)Nc3ccc(Br)cc32)CC1. The van der Waals surface area contributed by atoms with Crippen molar-refractivity contribution in [2.24, 2.45) is 0 Å². The lowest BCUT2D eigenvalue weighted by Gasteiger charge is -2.41. The summed E-state index contributed by atoms with van der Waals surface area (Å²) >= 11 is 3.53. The molecule has 0 aromatic heterocycles. The minimum absolute atomic E-state index is 0.0931. The van der Waals surface area contributed by atoms with Crippen LogP contribution in [0.3, 0.4) is 0 Å². The van der Waals surface area contributed by atoms with E-state index >= 15 is 0 Å². The minimum atomic E-state index is 0.0931. The third-order valence-electron chi connectivity index (χ3n) is 4.40. The molecule has 108 valence electrons. The molecular formula is C15H20BrN3O. The van der Waals surface area contributed by atoms with Crippen LogP contribution in [0.15, 0.2) is 22.7 Å². The Balaban J connectivity index is 1.83. The molecule has 1 amide bonds. The van der Waals surface area contributed by atoms with Crippen LogP contribution in [0, 0.1) is 0 Å². The molecule has 4 nitrogen and oxygen atoms in total. The quantitative estimate of drug-likeness (QED) is 0.872. The maximum Gasteiger partial charge on any atom is 0.243 e. The summed E-state index contributed by atoms with van der Waals surface area (Å²) in [6, 6.07) is 7.16. The van der Waals surface area contributed by atoms with Gasteiger partial charge < -0.3 is 15.5 Å². The molecule has 2 N–H and O–H groups in total. The van der Waals surface area contributed by atoms with E-state index in [2.05, 4.69) is 37.5 Å². The highest BCUT2D eigenvalue weighted by molar-refractivity contribution is 9.10. The van der Waals surface area contributed by atoms with Crippen molar-refractivity contribution in [3.8, 4) is 0 Å². The second-order valence-electron chi connectivity index (χ2n) is 5.63. The summed E-state index contributed by atoms with van der Waals surface area (Å²) in [5.41, 5.74) is 2.08. The van der Waals surface area contributed by atoms with Crippen molar-refractivity contribution in [2.45, 2.75) is 37.8 Å². The zero-order valence-corrected chi connectivity index (χ0v) is 13.2. The van der Waals surface area contributed by atoms with Crippen LogP contribution in [-0.4, -0.2) is 31.6 Å². The number of benzene rings is 1. The van der Waals surface area contributed by atoms with Gasteiger partial charge in [0.25, 0.3) is 0 Å². The van der Waals surface area contributed by atoms with Gasteiger partial charge in [-0.05, 0) is 50.9 Å². The van der Waals surface area contributed by atoms with Crippen LogP contribution >= 0.6 is 15.9 Å². The molecule has 0 spiro atoms. The number of halogens is 1. The predicted molar refractivity (Wildman–Crippen MR) is 85.2 cm³/mol. The van der Waals surface area contributed by atoms with Crippen molar-refractivity contribution >= 4 is 33.2 Å². The van der Waals surface area contributed by atoms with Crippen molar-refractivity contribution < 1.29 is 4.79 Å². The Labute approximate surface area is 128 Å². The molecule has 1 saturated carbocycles. The van der Waals surface area contributed by atoms with Crippen LogP contribution in [-0.2, 0) is 4.79 Å². The number of carbonyl (C=O) groups is 1. The molecule has 1 aliphatic heterocycles. The molecule has 2 aliphatic rings. The van der Waals surface area contributed by atoms with E-state index in [9.17, 15) is 4.79 Å². The number of anilines is 2. The molecule has 3 rings (SSSR count). The van der Waals surface area contributed by atoms with E-state index in [4.69, 9.17) is 0 Å².